The molecule has 0 N–H and O–H groups in total. The smallest absolute Gasteiger partial charge is 0.160 e. The first-order chi connectivity index (χ1) is 12.2. The fourth-order valence-corrected chi connectivity index (χ4v) is 2.86. The van der Waals surface area contributed by atoms with Crippen molar-refractivity contribution in [3.63, 3.8) is 0 Å². The molecule has 0 unspecified atom stereocenters. The van der Waals surface area contributed by atoms with Crippen molar-refractivity contribution in [2.75, 3.05) is 0 Å². The average Bonchev–Trinajstić information content (AvgIpc) is 3.05. The minimum atomic E-state index is 0.731. The van der Waals surface area contributed by atoms with Gasteiger partial charge in [-0.05, 0) is 38.1 Å². The van der Waals surface area contributed by atoms with Gasteiger partial charge in [-0.2, -0.15) is 5.10 Å². The highest BCUT2D eigenvalue weighted by Gasteiger charge is 2.13. The van der Waals surface area contributed by atoms with E-state index in [1.165, 1.54) is 0 Å². The summed E-state index contributed by atoms with van der Waals surface area (Å²) in [7, 11) is 0. The summed E-state index contributed by atoms with van der Waals surface area (Å²) < 4.78 is 1.94. The predicted octanol–water partition coefficient (Wildman–Crippen LogP) is 4.61. The van der Waals surface area contributed by atoms with Crippen molar-refractivity contribution < 1.29 is 0 Å². The molecule has 2 aromatic carbocycles. The monoisotopic (exact) mass is 326 g/mol. The summed E-state index contributed by atoms with van der Waals surface area (Å²) in [4.78, 5) is 9.40. The molecule has 0 fully saturated rings. The summed E-state index contributed by atoms with van der Waals surface area (Å²) in [6.07, 6.45) is 0. The Morgan fingerprint density at radius 1 is 0.720 bits per heavy atom. The van der Waals surface area contributed by atoms with E-state index >= 15 is 0 Å². The van der Waals surface area contributed by atoms with Crippen LogP contribution in [0.25, 0.3) is 28.5 Å². The number of aryl methyl sites for hydroxylation is 2. The van der Waals surface area contributed by atoms with E-state index in [1.807, 2.05) is 85.3 Å². The minimum absolute atomic E-state index is 0.731. The highest BCUT2D eigenvalue weighted by atomic mass is 15.3. The molecule has 4 aromatic rings. The molecule has 0 bridgehead atoms. The van der Waals surface area contributed by atoms with Crippen molar-refractivity contribution in [2.45, 2.75) is 13.8 Å². The van der Waals surface area contributed by atoms with Crippen LogP contribution in [0.3, 0.4) is 0 Å². The van der Waals surface area contributed by atoms with Crippen molar-refractivity contribution in [3.05, 3.63) is 84.2 Å². The van der Waals surface area contributed by atoms with E-state index in [9.17, 15) is 0 Å². The van der Waals surface area contributed by atoms with Crippen molar-refractivity contribution in [3.8, 4) is 28.5 Å². The van der Waals surface area contributed by atoms with Crippen LogP contribution in [-0.4, -0.2) is 19.7 Å². The Bertz CT molecular complexity index is 1000. The van der Waals surface area contributed by atoms with Gasteiger partial charge >= 0.3 is 0 Å². The van der Waals surface area contributed by atoms with Gasteiger partial charge in [0.05, 0.1) is 22.8 Å². The molecule has 0 amide bonds. The first kappa shape index (κ1) is 15.3. The van der Waals surface area contributed by atoms with Gasteiger partial charge in [-0.25, -0.2) is 14.6 Å². The first-order valence-electron chi connectivity index (χ1n) is 8.24. The van der Waals surface area contributed by atoms with Crippen molar-refractivity contribution in [2.24, 2.45) is 0 Å². The highest BCUT2D eigenvalue weighted by molar-refractivity contribution is 5.63. The lowest BCUT2D eigenvalue weighted by Gasteiger charge is -2.09. The van der Waals surface area contributed by atoms with E-state index < -0.39 is 0 Å². The normalized spacial score (nSPS) is 10.8. The highest BCUT2D eigenvalue weighted by Crippen LogP contribution is 2.25. The van der Waals surface area contributed by atoms with Gasteiger partial charge < -0.3 is 0 Å². The molecule has 0 radical (unpaired) electrons. The lowest BCUT2D eigenvalue weighted by molar-refractivity contribution is 0.865. The van der Waals surface area contributed by atoms with Gasteiger partial charge in [0.2, 0.25) is 0 Å². The first-order valence-corrected chi connectivity index (χ1v) is 8.24. The SMILES string of the molecule is Cc1cc(-c2cc(C)nn2-c2ccccc2)nc(-c2ccccc2)n1. The van der Waals surface area contributed by atoms with E-state index in [-0.39, 0.29) is 0 Å². The van der Waals surface area contributed by atoms with Crippen LogP contribution < -0.4 is 0 Å². The zero-order valence-electron chi connectivity index (χ0n) is 14.2. The number of para-hydroxylation sites is 1. The Kier molecular flexibility index (Phi) is 3.86. The van der Waals surface area contributed by atoms with Crippen LogP contribution in [0, 0.1) is 13.8 Å². The standard InChI is InChI=1S/C21H18N4/c1-15-13-19(23-21(22-15)17-9-5-3-6-10-17)20-14-16(2)24-25(20)18-11-7-4-8-12-18/h3-14H,1-2H3. The Hall–Kier alpha value is -3.27. The molecule has 0 atom stereocenters. The predicted molar refractivity (Wildman–Crippen MR) is 99.5 cm³/mol. The van der Waals surface area contributed by atoms with Gasteiger partial charge in [0, 0.05) is 11.3 Å². The molecule has 0 saturated carbocycles. The number of hydrogen-bond donors (Lipinski definition) is 0. The second kappa shape index (κ2) is 6.32. The van der Waals surface area contributed by atoms with Crippen molar-refractivity contribution in [1.29, 1.82) is 0 Å². The summed E-state index contributed by atoms with van der Waals surface area (Å²) in [6, 6.07) is 24.2. The second-order valence-electron chi connectivity index (χ2n) is 6.00. The summed E-state index contributed by atoms with van der Waals surface area (Å²) >= 11 is 0. The number of benzene rings is 2. The van der Waals surface area contributed by atoms with E-state index in [2.05, 4.69) is 16.1 Å². The third-order valence-electron chi connectivity index (χ3n) is 3.98. The molecule has 4 rings (SSSR count). The number of hydrogen-bond acceptors (Lipinski definition) is 3. The molecule has 25 heavy (non-hydrogen) atoms. The van der Waals surface area contributed by atoms with Crippen LogP contribution in [0.15, 0.2) is 72.8 Å². The third-order valence-corrected chi connectivity index (χ3v) is 3.98. The van der Waals surface area contributed by atoms with Gasteiger partial charge in [-0.1, -0.05) is 48.5 Å². The minimum Gasteiger partial charge on any atom is -0.233 e. The Labute approximate surface area is 146 Å². The Morgan fingerprint density at radius 2 is 1.40 bits per heavy atom. The quantitative estimate of drug-likeness (QED) is 0.552. The molecule has 0 spiro atoms. The molecule has 0 aliphatic carbocycles. The summed E-state index contributed by atoms with van der Waals surface area (Å²) in [5.41, 5.74) is 5.75. The van der Waals surface area contributed by atoms with Crippen LogP contribution in [0.2, 0.25) is 0 Å². The fourth-order valence-electron chi connectivity index (χ4n) is 2.86. The van der Waals surface area contributed by atoms with Crippen LogP contribution in [0.5, 0.6) is 0 Å². The lowest BCUT2D eigenvalue weighted by Crippen LogP contribution is -2.02. The maximum Gasteiger partial charge on any atom is 0.160 e. The Balaban J connectivity index is 1.88. The average molecular weight is 326 g/mol. The van der Waals surface area contributed by atoms with Crippen LogP contribution >= 0.6 is 0 Å². The fraction of sp³-hybridized carbons (Fsp3) is 0.0952. The molecular weight excluding hydrogens is 308 g/mol. The van der Waals surface area contributed by atoms with Gasteiger partial charge in [-0.15, -0.1) is 0 Å². The molecule has 2 aromatic heterocycles. The summed E-state index contributed by atoms with van der Waals surface area (Å²) in [6.45, 7) is 3.99. The number of aromatic nitrogens is 4. The summed E-state index contributed by atoms with van der Waals surface area (Å²) in [5.74, 6) is 0.731. The molecule has 4 heteroatoms. The molecule has 4 nitrogen and oxygen atoms in total. The molecule has 122 valence electrons. The zero-order chi connectivity index (χ0) is 17.2. The maximum absolute atomic E-state index is 4.80. The van der Waals surface area contributed by atoms with E-state index in [4.69, 9.17) is 4.98 Å². The van der Waals surface area contributed by atoms with Crippen molar-refractivity contribution in [1.82, 2.24) is 19.7 Å². The second-order valence-corrected chi connectivity index (χ2v) is 6.00. The van der Waals surface area contributed by atoms with Crippen LogP contribution in [-0.2, 0) is 0 Å². The van der Waals surface area contributed by atoms with Gasteiger partial charge in [0.15, 0.2) is 5.82 Å². The molecule has 2 heterocycles. The molecule has 0 aliphatic rings. The molecule has 0 saturated heterocycles. The van der Waals surface area contributed by atoms with Crippen LogP contribution in [0.1, 0.15) is 11.4 Å². The van der Waals surface area contributed by atoms with E-state index in [0.717, 1.165) is 39.9 Å². The molecular formula is C21H18N4. The maximum atomic E-state index is 4.80. The van der Waals surface area contributed by atoms with Gasteiger partial charge in [0.25, 0.3) is 0 Å². The zero-order valence-corrected chi connectivity index (χ0v) is 14.2. The van der Waals surface area contributed by atoms with E-state index in [0.29, 0.717) is 0 Å². The molecule has 0 aliphatic heterocycles. The van der Waals surface area contributed by atoms with Gasteiger partial charge in [0.1, 0.15) is 0 Å². The van der Waals surface area contributed by atoms with E-state index in [1.54, 1.807) is 0 Å². The topological polar surface area (TPSA) is 43.6 Å². The number of rotatable bonds is 3. The summed E-state index contributed by atoms with van der Waals surface area (Å²) in [5, 5.41) is 4.65. The lowest BCUT2D eigenvalue weighted by atomic mass is 10.2. The van der Waals surface area contributed by atoms with Crippen LogP contribution in [0.4, 0.5) is 0 Å². The number of nitrogens with zero attached hydrogens (tertiary/aromatic N) is 4. The van der Waals surface area contributed by atoms with Crippen molar-refractivity contribution >= 4 is 0 Å². The van der Waals surface area contributed by atoms with Gasteiger partial charge in [-0.3, -0.25) is 0 Å². The third kappa shape index (κ3) is 3.06. The Morgan fingerprint density at radius 3 is 2.12 bits per heavy atom. The largest absolute Gasteiger partial charge is 0.233 e.